The van der Waals surface area contributed by atoms with Crippen LogP contribution < -0.4 is 11.1 Å². The predicted octanol–water partition coefficient (Wildman–Crippen LogP) is 0.648. The van der Waals surface area contributed by atoms with Crippen molar-refractivity contribution in [2.24, 2.45) is 5.73 Å². The first kappa shape index (κ1) is 11.2. The van der Waals surface area contributed by atoms with E-state index in [1.54, 1.807) is 0 Å². The van der Waals surface area contributed by atoms with Crippen LogP contribution in [0.1, 0.15) is 25.2 Å². The maximum Gasteiger partial charge on any atom is 0.0597 e. The van der Waals surface area contributed by atoms with E-state index in [0.717, 1.165) is 18.8 Å². The van der Waals surface area contributed by atoms with Crippen molar-refractivity contribution in [2.45, 2.75) is 39.9 Å². The Morgan fingerprint density at radius 2 is 2.36 bits per heavy atom. The van der Waals surface area contributed by atoms with Gasteiger partial charge in [-0.2, -0.15) is 5.10 Å². The average Bonchev–Trinajstić information content (AvgIpc) is 2.55. The van der Waals surface area contributed by atoms with Crippen molar-refractivity contribution >= 4 is 0 Å². The van der Waals surface area contributed by atoms with Gasteiger partial charge in [0.25, 0.3) is 0 Å². The summed E-state index contributed by atoms with van der Waals surface area (Å²) >= 11 is 0. The van der Waals surface area contributed by atoms with E-state index in [0.29, 0.717) is 12.6 Å². The Balaban J connectivity index is 2.57. The zero-order chi connectivity index (χ0) is 10.6. The standard InChI is InChI=1S/C10H20N4/c1-4-14-10(5-8(2)13-14)7-12-9(3)6-11/h5,9,12H,4,6-7,11H2,1-3H3/t9-/m1/s1. The van der Waals surface area contributed by atoms with Gasteiger partial charge >= 0.3 is 0 Å². The molecule has 1 atom stereocenters. The van der Waals surface area contributed by atoms with Crippen LogP contribution in [0.25, 0.3) is 0 Å². The highest BCUT2D eigenvalue weighted by Crippen LogP contribution is 2.03. The van der Waals surface area contributed by atoms with E-state index in [9.17, 15) is 0 Å². The molecule has 0 spiro atoms. The Kier molecular flexibility index (Phi) is 4.10. The lowest BCUT2D eigenvalue weighted by Gasteiger charge is -2.11. The molecule has 0 fully saturated rings. The van der Waals surface area contributed by atoms with E-state index in [1.807, 2.05) is 11.6 Å². The summed E-state index contributed by atoms with van der Waals surface area (Å²) in [4.78, 5) is 0. The molecule has 0 unspecified atom stereocenters. The van der Waals surface area contributed by atoms with E-state index in [4.69, 9.17) is 5.73 Å². The molecule has 4 heteroatoms. The molecule has 0 saturated carbocycles. The van der Waals surface area contributed by atoms with Crippen LogP contribution in [0.4, 0.5) is 0 Å². The van der Waals surface area contributed by atoms with Gasteiger partial charge in [-0.25, -0.2) is 0 Å². The van der Waals surface area contributed by atoms with Gasteiger partial charge in [-0.1, -0.05) is 0 Å². The molecule has 0 radical (unpaired) electrons. The number of aryl methyl sites for hydroxylation is 2. The van der Waals surface area contributed by atoms with Crippen molar-refractivity contribution in [1.29, 1.82) is 0 Å². The summed E-state index contributed by atoms with van der Waals surface area (Å²) in [5.41, 5.74) is 7.83. The van der Waals surface area contributed by atoms with Crippen molar-refractivity contribution in [2.75, 3.05) is 6.54 Å². The van der Waals surface area contributed by atoms with Gasteiger partial charge in [-0.15, -0.1) is 0 Å². The second-order valence-electron chi connectivity index (χ2n) is 3.61. The zero-order valence-corrected chi connectivity index (χ0v) is 9.25. The monoisotopic (exact) mass is 196 g/mol. The first-order valence-corrected chi connectivity index (χ1v) is 5.14. The van der Waals surface area contributed by atoms with E-state index < -0.39 is 0 Å². The lowest BCUT2D eigenvalue weighted by molar-refractivity contribution is 0.521. The molecule has 0 aliphatic heterocycles. The third kappa shape index (κ3) is 2.82. The molecule has 80 valence electrons. The van der Waals surface area contributed by atoms with Gasteiger partial charge in [-0.05, 0) is 26.8 Å². The fourth-order valence-corrected chi connectivity index (χ4v) is 1.38. The van der Waals surface area contributed by atoms with Crippen molar-refractivity contribution in [3.63, 3.8) is 0 Å². The van der Waals surface area contributed by atoms with E-state index in [2.05, 4.69) is 30.3 Å². The fraction of sp³-hybridized carbons (Fsp3) is 0.700. The number of nitrogens with two attached hydrogens (primary N) is 1. The second-order valence-corrected chi connectivity index (χ2v) is 3.61. The molecule has 1 aromatic heterocycles. The molecule has 14 heavy (non-hydrogen) atoms. The molecule has 1 aromatic rings. The van der Waals surface area contributed by atoms with Crippen LogP contribution in [-0.4, -0.2) is 22.4 Å². The number of rotatable bonds is 5. The molecule has 0 amide bonds. The van der Waals surface area contributed by atoms with Crippen molar-refractivity contribution in [1.82, 2.24) is 15.1 Å². The van der Waals surface area contributed by atoms with Crippen LogP contribution in [0, 0.1) is 6.92 Å². The van der Waals surface area contributed by atoms with Gasteiger partial charge in [0.2, 0.25) is 0 Å². The second kappa shape index (κ2) is 5.12. The lowest BCUT2D eigenvalue weighted by atomic mass is 10.3. The topological polar surface area (TPSA) is 55.9 Å². The summed E-state index contributed by atoms with van der Waals surface area (Å²) in [5.74, 6) is 0. The highest BCUT2D eigenvalue weighted by molar-refractivity contribution is 5.08. The lowest BCUT2D eigenvalue weighted by Crippen LogP contribution is -2.33. The molecule has 0 bridgehead atoms. The van der Waals surface area contributed by atoms with Gasteiger partial charge in [0, 0.05) is 25.7 Å². The predicted molar refractivity (Wildman–Crippen MR) is 58.0 cm³/mol. The largest absolute Gasteiger partial charge is 0.329 e. The molecule has 0 aliphatic carbocycles. The summed E-state index contributed by atoms with van der Waals surface area (Å²) in [5, 5.41) is 7.73. The molecule has 4 nitrogen and oxygen atoms in total. The smallest absolute Gasteiger partial charge is 0.0597 e. The van der Waals surface area contributed by atoms with Gasteiger partial charge in [0.1, 0.15) is 0 Å². The van der Waals surface area contributed by atoms with Gasteiger partial charge in [-0.3, -0.25) is 4.68 Å². The molecule has 3 N–H and O–H groups in total. The minimum atomic E-state index is 0.357. The van der Waals surface area contributed by atoms with Gasteiger partial charge < -0.3 is 11.1 Å². The van der Waals surface area contributed by atoms with Crippen molar-refractivity contribution < 1.29 is 0 Å². The Morgan fingerprint density at radius 1 is 1.64 bits per heavy atom. The molecule has 0 aliphatic rings. The summed E-state index contributed by atoms with van der Waals surface area (Å²) in [6.07, 6.45) is 0. The maximum absolute atomic E-state index is 5.53. The molecule has 0 saturated heterocycles. The molecular weight excluding hydrogens is 176 g/mol. The van der Waals surface area contributed by atoms with Crippen molar-refractivity contribution in [3.05, 3.63) is 17.5 Å². The highest BCUT2D eigenvalue weighted by atomic mass is 15.3. The molecule has 0 aromatic carbocycles. The van der Waals surface area contributed by atoms with E-state index >= 15 is 0 Å². The number of nitrogens with zero attached hydrogens (tertiary/aromatic N) is 2. The van der Waals surface area contributed by atoms with Crippen LogP contribution in [0.3, 0.4) is 0 Å². The van der Waals surface area contributed by atoms with Crippen LogP contribution in [0.2, 0.25) is 0 Å². The fourth-order valence-electron chi connectivity index (χ4n) is 1.38. The number of hydrogen-bond donors (Lipinski definition) is 2. The SMILES string of the molecule is CCn1nc(C)cc1CN[C@H](C)CN. The van der Waals surface area contributed by atoms with Gasteiger partial charge in [0.05, 0.1) is 11.4 Å². The summed E-state index contributed by atoms with van der Waals surface area (Å²) in [6.45, 7) is 8.62. The third-order valence-electron chi connectivity index (χ3n) is 2.27. The van der Waals surface area contributed by atoms with Crippen LogP contribution in [0.15, 0.2) is 6.07 Å². The van der Waals surface area contributed by atoms with Gasteiger partial charge in [0.15, 0.2) is 0 Å². The summed E-state index contributed by atoms with van der Waals surface area (Å²) in [6, 6.07) is 2.47. The number of aromatic nitrogens is 2. The van der Waals surface area contributed by atoms with Crippen molar-refractivity contribution in [3.8, 4) is 0 Å². The minimum Gasteiger partial charge on any atom is -0.329 e. The zero-order valence-electron chi connectivity index (χ0n) is 9.25. The highest BCUT2D eigenvalue weighted by Gasteiger charge is 2.04. The minimum absolute atomic E-state index is 0.357. The Morgan fingerprint density at radius 3 is 2.93 bits per heavy atom. The Bertz CT molecular complexity index is 280. The summed E-state index contributed by atoms with van der Waals surface area (Å²) in [7, 11) is 0. The van der Waals surface area contributed by atoms with Crippen LogP contribution in [0.5, 0.6) is 0 Å². The molecular formula is C10H20N4. The average molecular weight is 196 g/mol. The Hall–Kier alpha value is -0.870. The number of nitrogens with one attached hydrogen (secondary N) is 1. The first-order chi connectivity index (χ1) is 6.67. The Labute approximate surface area is 85.5 Å². The third-order valence-corrected chi connectivity index (χ3v) is 2.27. The number of hydrogen-bond acceptors (Lipinski definition) is 3. The van der Waals surface area contributed by atoms with E-state index in [-0.39, 0.29) is 0 Å². The quantitative estimate of drug-likeness (QED) is 0.727. The molecule has 1 rings (SSSR count). The maximum atomic E-state index is 5.53. The normalized spacial score (nSPS) is 13.1. The first-order valence-electron chi connectivity index (χ1n) is 5.14. The molecule has 1 heterocycles. The summed E-state index contributed by atoms with van der Waals surface area (Å²) < 4.78 is 2.02. The van der Waals surface area contributed by atoms with Crippen LogP contribution in [-0.2, 0) is 13.1 Å². The van der Waals surface area contributed by atoms with Crippen LogP contribution >= 0.6 is 0 Å². The van der Waals surface area contributed by atoms with E-state index in [1.165, 1.54) is 5.69 Å².